The maximum atomic E-state index is 12.6. The van der Waals surface area contributed by atoms with Crippen molar-refractivity contribution < 1.29 is 19.1 Å². The first-order valence-electron chi connectivity index (χ1n) is 10.7. The molecule has 2 aromatic carbocycles. The third-order valence-electron chi connectivity index (χ3n) is 5.78. The van der Waals surface area contributed by atoms with Gasteiger partial charge in [0.1, 0.15) is 17.2 Å². The number of amides is 2. The molecule has 1 saturated heterocycles. The number of nitrogens with one attached hydrogen (secondary N) is 2. The third kappa shape index (κ3) is 4.64. The summed E-state index contributed by atoms with van der Waals surface area (Å²) < 4.78 is 10.5. The first-order chi connectivity index (χ1) is 15.6. The van der Waals surface area contributed by atoms with E-state index in [2.05, 4.69) is 15.2 Å². The molecule has 0 radical (unpaired) electrons. The maximum absolute atomic E-state index is 12.6. The van der Waals surface area contributed by atoms with Crippen molar-refractivity contribution in [2.75, 3.05) is 51.8 Å². The highest BCUT2D eigenvalue weighted by Crippen LogP contribution is 2.26. The molecule has 4 rings (SSSR count). The quantitative estimate of drug-likeness (QED) is 0.595. The molecule has 8 heteroatoms. The number of aromatic amines is 1. The van der Waals surface area contributed by atoms with Gasteiger partial charge in [0.15, 0.2) is 0 Å². The fourth-order valence-electron chi connectivity index (χ4n) is 3.97. The fourth-order valence-corrected chi connectivity index (χ4v) is 3.97. The number of aromatic nitrogens is 1. The number of hydrogen-bond donors (Lipinski definition) is 2. The van der Waals surface area contributed by atoms with Crippen LogP contribution in [0.2, 0.25) is 0 Å². The molecule has 0 unspecified atom stereocenters. The van der Waals surface area contributed by atoms with Crippen molar-refractivity contribution >= 4 is 28.4 Å². The van der Waals surface area contributed by atoms with Gasteiger partial charge in [-0.15, -0.1) is 0 Å². The zero-order valence-electron chi connectivity index (χ0n) is 18.4. The topological polar surface area (TPSA) is 86.9 Å². The summed E-state index contributed by atoms with van der Waals surface area (Å²) in [7, 11) is 3.25. The SMILES string of the molecule is COc1ccc(N2CCN(C(=O)CCNC(=O)c3cc4c(OC)cccc4[nH]3)CC2)cc1. The molecule has 1 aromatic heterocycles. The molecular weight excluding hydrogens is 408 g/mol. The largest absolute Gasteiger partial charge is 0.497 e. The van der Waals surface area contributed by atoms with Crippen molar-refractivity contribution in [3.05, 3.63) is 54.2 Å². The summed E-state index contributed by atoms with van der Waals surface area (Å²) in [5, 5.41) is 3.68. The highest BCUT2D eigenvalue weighted by atomic mass is 16.5. The van der Waals surface area contributed by atoms with Gasteiger partial charge in [0.2, 0.25) is 5.91 Å². The van der Waals surface area contributed by atoms with Crippen LogP contribution in [0.25, 0.3) is 10.9 Å². The molecule has 1 fully saturated rings. The van der Waals surface area contributed by atoms with Crippen LogP contribution < -0.4 is 19.7 Å². The molecule has 0 aliphatic carbocycles. The Labute approximate surface area is 187 Å². The van der Waals surface area contributed by atoms with E-state index in [-0.39, 0.29) is 18.2 Å². The minimum absolute atomic E-state index is 0.0537. The molecule has 1 aliphatic rings. The number of anilines is 1. The predicted molar refractivity (Wildman–Crippen MR) is 124 cm³/mol. The summed E-state index contributed by atoms with van der Waals surface area (Å²) in [4.78, 5) is 32.3. The lowest BCUT2D eigenvalue weighted by Crippen LogP contribution is -2.49. The first-order valence-corrected chi connectivity index (χ1v) is 10.7. The molecule has 3 aromatic rings. The molecule has 2 N–H and O–H groups in total. The van der Waals surface area contributed by atoms with Crippen molar-refractivity contribution in [3.63, 3.8) is 0 Å². The van der Waals surface area contributed by atoms with Crippen LogP contribution in [0.5, 0.6) is 11.5 Å². The number of rotatable bonds is 7. The maximum Gasteiger partial charge on any atom is 0.267 e. The normalized spacial score (nSPS) is 13.8. The van der Waals surface area contributed by atoms with Crippen LogP contribution in [-0.2, 0) is 4.79 Å². The number of fused-ring (bicyclic) bond motifs is 1. The lowest BCUT2D eigenvalue weighted by molar-refractivity contribution is -0.131. The standard InChI is InChI=1S/C24H28N4O4/c1-31-18-8-6-17(7-9-18)27-12-14-28(15-13-27)23(29)10-11-25-24(30)21-16-19-20(26-21)4-3-5-22(19)32-2/h3-9,16,26H,10-15H2,1-2H3,(H,25,30). The molecule has 8 nitrogen and oxygen atoms in total. The van der Waals surface area contributed by atoms with Crippen LogP contribution in [0.1, 0.15) is 16.9 Å². The Kier molecular flexibility index (Phi) is 6.49. The van der Waals surface area contributed by atoms with E-state index in [1.165, 1.54) is 0 Å². The zero-order chi connectivity index (χ0) is 22.5. The highest BCUT2D eigenvalue weighted by molar-refractivity contribution is 5.99. The van der Waals surface area contributed by atoms with E-state index in [1.54, 1.807) is 20.3 Å². The lowest BCUT2D eigenvalue weighted by Gasteiger charge is -2.36. The smallest absolute Gasteiger partial charge is 0.267 e. The van der Waals surface area contributed by atoms with Gasteiger partial charge in [-0.2, -0.15) is 0 Å². The molecule has 168 valence electrons. The number of piperazine rings is 1. The number of carbonyl (C=O) groups is 2. The number of hydrogen-bond acceptors (Lipinski definition) is 5. The van der Waals surface area contributed by atoms with Gasteiger partial charge in [-0.1, -0.05) is 6.07 Å². The van der Waals surface area contributed by atoms with Crippen molar-refractivity contribution in [2.24, 2.45) is 0 Å². The van der Waals surface area contributed by atoms with Crippen molar-refractivity contribution in [2.45, 2.75) is 6.42 Å². The molecule has 0 saturated carbocycles. The number of H-pyrrole nitrogens is 1. The highest BCUT2D eigenvalue weighted by Gasteiger charge is 2.21. The van der Waals surface area contributed by atoms with Gasteiger partial charge in [0, 0.05) is 55.7 Å². The molecule has 0 bridgehead atoms. The summed E-state index contributed by atoms with van der Waals surface area (Å²) in [6.45, 7) is 3.19. The van der Waals surface area contributed by atoms with E-state index in [4.69, 9.17) is 9.47 Å². The summed E-state index contributed by atoms with van der Waals surface area (Å²) in [5.74, 6) is 1.36. The fraction of sp³-hybridized carbons (Fsp3) is 0.333. The third-order valence-corrected chi connectivity index (χ3v) is 5.78. The van der Waals surface area contributed by atoms with Crippen LogP contribution in [-0.4, -0.2) is 68.6 Å². The first kappa shape index (κ1) is 21.5. The number of methoxy groups -OCH3 is 2. The summed E-state index contributed by atoms with van der Waals surface area (Å²) in [6, 6.07) is 15.3. The van der Waals surface area contributed by atoms with E-state index in [1.807, 2.05) is 47.4 Å². The average molecular weight is 437 g/mol. The van der Waals surface area contributed by atoms with Crippen LogP contribution >= 0.6 is 0 Å². The van der Waals surface area contributed by atoms with Gasteiger partial charge in [-0.25, -0.2) is 0 Å². The molecule has 0 atom stereocenters. The summed E-state index contributed by atoms with van der Waals surface area (Å²) in [6.07, 6.45) is 0.276. The Hall–Kier alpha value is -3.68. The van der Waals surface area contributed by atoms with E-state index in [0.29, 0.717) is 31.1 Å². The van der Waals surface area contributed by atoms with E-state index >= 15 is 0 Å². The van der Waals surface area contributed by atoms with Gasteiger partial charge in [0.05, 0.1) is 14.2 Å². The number of ether oxygens (including phenoxy) is 2. The van der Waals surface area contributed by atoms with Gasteiger partial charge in [-0.05, 0) is 42.5 Å². The van der Waals surface area contributed by atoms with Crippen LogP contribution in [0.3, 0.4) is 0 Å². The van der Waals surface area contributed by atoms with E-state index in [9.17, 15) is 9.59 Å². The zero-order valence-corrected chi connectivity index (χ0v) is 18.4. The second kappa shape index (κ2) is 9.64. The van der Waals surface area contributed by atoms with Gasteiger partial charge >= 0.3 is 0 Å². The Morgan fingerprint density at radius 3 is 2.44 bits per heavy atom. The summed E-state index contributed by atoms with van der Waals surface area (Å²) in [5.41, 5.74) is 2.41. The second-order valence-corrected chi connectivity index (χ2v) is 7.68. The molecule has 0 spiro atoms. The molecule has 1 aliphatic heterocycles. The average Bonchev–Trinajstić information content (AvgIpc) is 3.29. The van der Waals surface area contributed by atoms with Crippen LogP contribution in [0.15, 0.2) is 48.5 Å². The number of carbonyl (C=O) groups excluding carboxylic acids is 2. The Morgan fingerprint density at radius 1 is 1.00 bits per heavy atom. The van der Waals surface area contributed by atoms with E-state index in [0.717, 1.165) is 35.4 Å². The van der Waals surface area contributed by atoms with Gasteiger partial charge in [0.25, 0.3) is 5.91 Å². The number of nitrogens with zero attached hydrogens (tertiary/aromatic N) is 2. The molecule has 2 amide bonds. The van der Waals surface area contributed by atoms with Crippen LogP contribution in [0.4, 0.5) is 5.69 Å². The Bertz CT molecular complexity index is 1090. The lowest BCUT2D eigenvalue weighted by atomic mass is 10.2. The monoisotopic (exact) mass is 436 g/mol. The molecular formula is C24H28N4O4. The van der Waals surface area contributed by atoms with Crippen LogP contribution in [0, 0.1) is 0 Å². The van der Waals surface area contributed by atoms with E-state index < -0.39 is 0 Å². The van der Waals surface area contributed by atoms with Crippen molar-refractivity contribution in [1.82, 2.24) is 15.2 Å². The van der Waals surface area contributed by atoms with Crippen molar-refractivity contribution in [3.8, 4) is 11.5 Å². The van der Waals surface area contributed by atoms with Gasteiger partial charge in [-0.3, -0.25) is 9.59 Å². The molecule has 2 heterocycles. The minimum atomic E-state index is -0.236. The summed E-state index contributed by atoms with van der Waals surface area (Å²) >= 11 is 0. The Balaban J connectivity index is 1.24. The van der Waals surface area contributed by atoms with Crippen molar-refractivity contribution in [1.29, 1.82) is 0 Å². The van der Waals surface area contributed by atoms with Gasteiger partial charge < -0.3 is 29.6 Å². The molecule has 32 heavy (non-hydrogen) atoms. The predicted octanol–water partition coefficient (Wildman–Crippen LogP) is 2.65. The second-order valence-electron chi connectivity index (χ2n) is 7.68. The minimum Gasteiger partial charge on any atom is -0.497 e. The number of benzene rings is 2. The Morgan fingerprint density at radius 2 is 1.75 bits per heavy atom.